The molecule has 4 aromatic carbocycles. The Hall–Kier alpha value is -0.940. The average Bonchev–Trinajstić information content (AvgIpc) is 3.05. The Balaban J connectivity index is 0.00000164. The van der Waals surface area contributed by atoms with Gasteiger partial charge in [-0.3, -0.25) is 0 Å². The minimum atomic E-state index is 0. The number of anilines is 2. The van der Waals surface area contributed by atoms with E-state index in [1.165, 1.54) is 73.5 Å². The number of rotatable bonds is 6. The van der Waals surface area contributed by atoms with Gasteiger partial charge in [0.25, 0.3) is 0 Å². The summed E-state index contributed by atoms with van der Waals surface area (Å²) in [5.41, 5.74) is 5.17. The van der Waals surface area contributed by atoms with Crippen LogP contribution in [0.3, 0.4) is 0 Å². The quantitative estimate of drug-likeness (QED) is 0.149. The standard InChI is InChI=1S/C41H53N2.I2.HI/c1-40(2,3)30-17-21-32(22-18-30)42-38-25-15-28(34-11-7-9-13-36(34)38)27-29-16-26-39(37-14-10-8-12-35(29)37)43-33-23-19-31(20-24-33)41(4,5)6;1-2;/h7-16,25-27,30-33,42-43H,17-24H2,1-6H3;;1H/q+1;;/p-1/i27D;;. The van der Waals surface area contributed by atoms with Crippen LogP contribution >= 0.6 is 37.2 Å². The summed E-state index contributed by atoms with van der Waals surface area (Å²) in [6.45, 7) is 14.3. The second kappa shape index (κ2) is 16.6. The molecule has 2 saturated carbocycles. The zero-order valence-electron chi connectivity index (χ0n) is 29.5. The first kappa shape index (κ1) is 36.3. The van der Waals surface area contributed by atoms with Crippen LogP contribution in [0.4, 0.5) is 11.4 Å². The van der Waals surface area contributed by atoms with E-state index in [9.17, 15) is 1.37 Å². The van der Waals surface area contributed by atoms with Gasteiger partial charge >= 0.3 is 0 Å². The fourth-order valence-electron chi connectivity index (χ4n) is 7.86. The summed E-state index contributed by atoms with van der Waals surface area (Å²) in [4.78, 5) is 0. The van der Waals surface area contributed by atoms with Crippen molar-refractivity contribution in [3.63, 3.8) is 0 Å². The number of hydrogen-bond donors (Lipinski definition) is 2. The molecule has 0 radical (unpaired) electrons. The zero-order chi connectivity index (χ0) is 33.1. The van der Waals surface area contributed by atoms with Gasteiger partial charge in [-0.1, -0.05) is 65.8 Å². The maximum atomic E-state index is 9.50. The van der Waals surface area contributed by atoms with Crippen molar-refractivity contribution in [1.29, 1.82) is 0 Å². The van der Waals surface area contributed by atoms with E-state index in [0.29, 0.717) is 29.3 Å². The maximum absolute atomic E-state index is 9.50. The Morgan fingerprint density at radius 3 is 1.20 bits per heavy atom. The van der Waals surface area contributed by atoms with Crippen LogP contribution in [0.25, 0.3) is 21.5 Å². The van der Waals surface area contributed by atoms with Crippen LogP contribution in [0.15, 0.2) is 72.8 Å². The number of halogens is 3. The van der Waals surface area contributed by atoms with Crippen LogP contribution in [0.1, 0.15) is 105 Å². The van der Waals surface area contributed by atoms with E-state index in [1.807, 2.05) is 0 Å². The van der Waals surface area contributed by atoms with Crippen molar-refractivity contribution >= 4 is 70.2 Å². The van der Waals surface area contributed by atoms with Gasteiger partial charge in [-0.25, -0.2) is 0 Å². The highest BCUT2D eigenvalue weighted by molar-refractivity contribution is 15.0. The summed E-state index contributed by atoms with van der Waals surface area (Å²) in [6, 6.07) is 27.1. The van der Waals surface area contributed by atoms with Crippen LogP contribution in [0.5, 0.6) is 0 Å². The van der Waals surface area contributed by atoms with Crippen molar-refractivity contribution in [3.05, 3.63) is 90.3 Å². The van der Waals surface area contributed by atoms with E-state index in [4.69, 9.17) is 0 Å². The van der Waals surface area contributed by atoms with Crippen molar-refractivity contribution in [3.8, 4) is 0 Å². The molecule has 46 heavy (non-hydrogen) atoms. The Bertz CT molecular complexity index is 1470. The van der Waals surface area contributed by atoms with Crippen molar-refractivity contribution < 1.29 is 25.3 Å². The highest BCUT2D eigenvalue weighted by Gasteiger charge is 2.31. The molecule has 2 aliphatic rings. The van der Waals surface area contributed by atoms with Gasteiger partial charge in [-0.2, -0.15) is 0 Å². The topological polar surface area (TPSA) is 24.1 Å². The minimum Gasteiger partial charge on any atom is -1.00 e. The number of fused-ring (bicyclic) bond motifs is 2. The first-order valence-electron chi connectivity index (χ1n) is 17.5. The third-order valence-electron chi connectivity index (χ3n) is 10.7. The monoisotopic (exact) mass is 955 g/mol. The molecule has 6 rings (SSSR count). The lowest BCUT2D eigenvalue weighted by atomic mass is 9.71. The normalized spacial score (nSPS) is 22.2. The molecule has 0 saturated heterocycles. The van der Waals surface area contributed by atoms with E-state index in [1.54, 1.807) is 0 Å². The van der Waals surface area contributed by atoms with E-state index in [2.05, 4.69) is 162 Å². The Morgan fingerprint density at radius 2 is 0.870 bits per heavy atom. The first-order valence-corrected chi connectivity index (χ1v) is 23.3. The first-order chi connectivity index (χ1) is 22.0. The van der Waals surface area contributed by atoms with Gasteiger partial charge in [-0.15, -0.1) is 0 Å². The lowest BCUT2D eigenvalue weighted by Gasteiger charge is -2.37. The van der Waals surface area contributed by atoms with Gasteiger partial charge in [0.05, 0.1) is 33.3 Å². The summed E-state index contributed by atoms with van der Waals surface area (Å²) in [5.74, 6) is 1.61. The Morgan fingerprint density at radius 1 is 0.543 bits per heavy atom. The van der Waals surface area contributed by atoms with Crippen molar-refractivity contribution in [2.45, 2.75) is 105 Å². The van der Waals surface area contributed by atoms with Gasteiger partial charge in [0.2, 0.25) is 0 Å². The molecular formula is C41H53I3N2. The smallest absolute Gasteiger partial charge is 0.119 e. The predicted molar refractivity (Wildman–Crippen MR) is 216 cm³/mol. The molecule has 4 aromatic rings. The molecule has 0 aliphatic heterocycles. The summed E-state index contributed by atoms with van der Waals surface area (Å²) in [5, 5.41) is 12.5. The molecule has 2 nitrogen and oxygen atoms in total. The van der Waals surface area contributed by atoms with Crippen molar-refractivity contribution in [2.75, 3.05) is 10.6 Å². The fourth-order valence-corrected chi connectivity index (χ4v) is 7.86. The predicted octanol–water partition coefficient (Wildman–Crippen LogP) is 10.4. The lowest BCUT2D eigenvalue weighted by Crippen LogP contribution is -3.00. The molecule has 0 spiro atoms. The van der Waals surface area contributed by atoms with Gasteiger partial charge in [-0.05, 0) is 110 Å². The minimum absolute atomic E-state index is 0. The number of benzene rings is 4. The fraction of sp³-hybridized carbons (Fsp3) is 0.488. The summed E-state index contributed by atoms with van der Waals surface area (Å²) in [6.07, 6.45) is 10.6. The highest BCUT2D eigenvalue weighted by Crippen LogP contribution is 2.41. The van der Waals surface area contributed by atoms with E-state index in [-0.39, 0.29) is 24.0 Å². The maximum Gasteiger partial charge on any atom is 0.119 e. The largest absolute Gasteiger partial charge is 1.00 e. The van der Waals surface area contributed by atoms with Gasteiger partial charge in [0.15, 0.2) is 0 Å². The van der Waals surface area contributed by atoms with E-state index >= 15 is 0 Å². The average molecular weight is 956 g/mol. The number of nitrogens with one attached hydrogen (secondary N) is 2. The molecular weight excluding hydrogens is 901 g/mol. The molecule has 0 bridgehead atoms. The van der Waals surface area contributed by atoms with Crippen LogP contribution in [-0.4, -0.2) is 12.1 Å². The molecule has 248 valence electrons. The second-order valence-electron chi connectivity index (χ2n) is 15.7. The molecule has 0 amide bonds. The summed E-state index contributed by atoms with van der Waals surface area (Å²) < 4.78 is 9.50. The molecule has 2 fully saturated rings. The van der Waals surface area contributed by atoms with Crippen molar-refractivity contribution in [1.82, 2.24) is 0 Å². The molecule has 0 heterocycles. The lowest BCUT2D eigenvalue weighted by molar-refractivity contribution is -0.0000103. The van der Waals surface area contributed by atoms with Crippen LogP contribution < -0.4 is 34.6 Å². The van der Waals surface area contributed by atoms with E-state index in [0.717, 1.165) is 33.7 Å². The van der Waals surface area contributed by atoms with Gasteiger partial charge in [0, 0.05) is 78.6 Å². The second-order valence-corrected chi connectivity index (χ2v) is 15.7. The zero-order valence-corrected chi connectivity index (χ0v) is 35.0. The number of hydrogen-bond acceptors (Lipinski definition) is 2. The van der Waals surface area contributed by atoms with Crippen molar-refractivity contribution in [2.24, 2.45) is 22.7 Å². The molecule has 0 aromatic heterocycles. The molecule has 5 heteroatoms. The van der Waals surface area contributed by atoms with Gasteiger partial charge in [0.1, 0.15) is 1.37 Å². The van der Waals surface area contributed by atoms with E-state index < -0.39 is 0 Å². The Kier molecular flexibility index (Phi) is 13.1. The third-order valence-corrected chi connectivity index (χ3v) is 10.7. The highest BCUT2D eigenvalue weighted by atomic mass is 128. The molecule has 0 atom stereocenters. The molecule has 2 N–H and O–H groups in total. The summed E-state index contributed by atoms with van der Waals surface area (Å²) in [7, 11) is 0. The molecule has 0 unspecified atom stereocenters. The SMILES string of the molecule is II.[2H][C+](c1ccc(NC2CCC(C(C)(C)C)CC2)c2ccccc12)c1ccc(NC2CCC(C(C)(C)C)CC2)c2ccccc12.[I-]. The Labute approximate surface area is 321 Å². The van der Waals surface area contributed by atoms with Crippen LogP contribution in [0, 0.1) is 29.1 Å². The third kappa shape index (κ3) is 9.19. The van der Waals surface area contributed by atoms with Crippen LogP contribution in [0.2, 0.25) is 0 Å². The van der Waals surface area contributed by atoms with Crippen LogP contribution in [-0.2, 0) is 0 Å². The van der Waals surface area contributed by atoms with Gasteiger partial charge < -0.3 is 34.6 Å². The molecule has 2 aliphatic carbocycles. The summed E-state index contributed by atoms with van der Waals surface area (Å²) >= 11 is 4.24.